The second-order valence-corrected chi connectivity index (χ2v) is 17.9. The molecule has 1 aliphatic heterocycles. The maximum atomic E-state index is 15.4. The lowest BCUT2D eigenvalue weighted by Crippen LogP contribution is -2.51. The maximum absolute atomic E-state index is 15.4. The number of hydrogen-bond acceptors (Lipinski definition) is 4. The van der Waals surface area contributed by atoms with E-state index in [4.69, 9.17) is 44.4 Å². The molecule has 4 rings (SSSR count). The Labute approximate surface area is 239 Å². The number of alkyl carbamates (subject to hydrolysis) is 1. The monoisotopic (exact) mass is 624 g/mol. The minimum atomic E-state index is -4.86. The van der Waals surface area contributed by atoms with Crippen molar-refractivity contribution in [3.8, 4) is 0 Å². The van der Waals surface area contributed by atoms with E-state index in [1.54, 1.807) is 0 Å². The van der Waals surface area contributed by atoms with Gasteiger partial charge in [0.25, 0.3) is 5.60 Å². The number of ether oxygens (including phenoxy) is 1. The zero-order valence-electron chi connectivity index (χ0n) is 21.4. The molecule has 1 unspecified atom stereocenters. The van der Waals surface area contributed by atoms with Crippen LogP contribution in [0.25, 0.3) is 0 Å². The van der Waals surface area contributed by atoms with Crippen molar-refractivity contribution in [1.82, 2.24) is 5.32 Å². The summed E-state index contributed by atoms with van der Waals surface area (Å²) in [4.78, 5) is 17.0. The first-order valence-electron chi connectivity index (χ1n) is 12.2. The third-order valence-corrected chi connectivity index (χ3v) is 9.82. The average Bonchev–Trinajstić information content (AvgIpc) is 3.27. The van der Waals surface area contributed by atoms with Gasteiger partial charge < -0.3 is 14.9 Å². The molecule has 1 N–H and O–H groups in total. The summed E-state index contributed by atoms with van der Waals surface area (Å²) < 4.78 is 63.5. The highest BCUT2D eigenvalue weighted by Crippen LogP contribution is 2.51. The van der Waals surface area contributed by atoms with E-state index < -0.39 is 38.0 Å². The van der Waals surface area contributed by atoms with Crippen LogP contribution < -0.4 is 5.32 Å². The van der Waals surface area contributed by atoms with E-state index in [2.05, 4.69) is 30.1 Å². The van der Waals surface area contributed by atoms with Gasteiger partial charge >= 0.3 is 12.3 Å². The van der Waals surface area contributed by atoms with Crippen LogP contribution in [0.5, 0.6) is 0 Å². The Hall–Kier alpha value is -2.01. The molecule has 5 nitrogen and oxygen atoms in total. The molecule has 2 aromatic rings. The number of amides is 1. The van der Waals surface area contributed by atoms with Gasteiger partial charge in [-0.05, 0) is 29.3 Å². The molecule has 1 saturated carbocycles. The molecular formula is C26H27Cl3F4N2O3Si. The van der Waals surface area contributed by atoms with E-state index in [1.807, 2.05) is 0 Å². The lowest BCUT2D eigenvalue weighted by Gasteiger charge is -2.41. The Kier molecular flexibility index (Phi) is 8.26. The van der Waals surface area contributed by atoms with Crippen LogP contribution in [0.3, 0.4) is 0 Å². The number of rotatable bonds is 7. The van der Waals surface area contributed by atoms with Gasteiger partial charge in [0.2, 0.25) is 0 Å². The first kappa shape index (κ1) is 30.0. The van der Waals surface area contributed by atoms with Gasteiger partial charge in [-0.3, -0.25) is 0 Å². The van der Waals surface area contributed by atoms with E-state index in [1.165, 1.54) is 24.3 Å². The van der Waals surface area contributed by atoms with Crippen LogP contribution in [-0.2, 0) is 20.8 Å². The van der Waals surface area contributed by atoms with Crippen LogP contribution >= 0.6 is 34.8 Å². The molecule has 212 valence electrons. The number of oxime groups is 1. The molecule has 0 radical (unpaired) electrons. The Bertz CT molecular complexity index is 1260. The molecule has 1 fully saturated rings. The molecule has 2 aliphatic rings. The highest BCUT2D eigenvalue weighted by Gasteiger charge is 2.62. The highest BCUT2D eigenvalue weighted by molar-refractivity contribution is 6.76. The number of nitrogens with zero attached hydrogens (tertiary/aromatic N) is 1. The molecule has 13 heteroatoms. The minimum absolute atomic E-state index is 0.0307. The van der Waals surface area contributed by atoms with E-state index in [9.17, 15) is 18.0 Å². The summed E-state index contributed by atoms with van der Waals surface area (Å²) in [6, 6.07) is 8.59. The Morgan fingerprint density at radius 1 is 1.10 bits per heavy atom. The van der Waals surface area contributed by atoms with Crippen molar-refractivity contribution in [2.24, 2.45) is 5.16 Å². The SMILES string of the molecule is C[Si](C)(C)CCOC(=O)NC1CC(F)(c2ccc(C3=NOC(c4cc(Cl)c(Cl)c(Cl)c4)(C(F)(F)F)C3)cc2)C1. The number of benzene rings is 2. The van der Waals surface area contributed by atoms with Gasteiger partial charge in [-0.25, -0.2) is 9.18 Å². The fourth-order valence-corrected chi connectivity index (χ4v) is 5.84. The van der Waals surface area contributed by atoms with Gasteiger partial charge in [0, 0.05) is 38.9 Å². The summed E-state index contributed by atoms with van der Waals surface area (Å²) >= 11 is 17.9. The molecular weight excluding hydrogens is 599 g/mol. The van der Waals surface area contributed by atoms with Crippen molar-refractivity contribution < 1.29 is 31.9 Å². The van der Waals surface area contributed by atoms with Gasteiger partial charge in [0.15, 0.2) is 0 Å². The minimum Gasteiger partial charge on any atom is -0.450 e. The van der Waals surface area contributed by atoms with Gasteiger partial charge in [-0.1, -0.05) is 83.9 Å². The molecule has 0 aromatic heterocycles. The maximum Gasteiger partial charge on any atom is 0.435 e. The van der Waals surface area contributed by atoms with Crippen LogP contribution in [0, 0.1) is 0 Å². The fourth-order valence-electron chi connectivity index (χ4n) is 4.53. The summed E-state index contributed by atoms with van der Waals surface area (Å²) in [6.45, 7) is 6.85. The third-order valence-electron chi connectivity index (χ3n) is 6.92. The molecule has 0 saturated heterocycles. The smallest absolute Gasteiger partial charge is 0.435 e. The number of carbonyl (C=O) groups excluding carboxylic acids is 1. The number of hydrogen-bond donors (Lipinski definition) is 1. The number of nitrogens with one attached hydrogen (secondary N) is 1. The van der Waals surface area contributed by atoms with Crippen molar-refractivity contribution in [2.75, 3.05) is 6.61 Å². The van der Waals surface area contributed by atoms with Gasteiger partial charge in [-0.15, -0.1) is 0 Å². The Balaban J connectivity index is 1.40. The van der Waals surface area contributed by atoms with Crippen LogP contribution in [0.4, 0.5) is 22.4 Å². The lowest BCUT2D eigenvalue weighted by atomic mass is 9.72. The molecule has 0 bridgehead atoms. The van der Waals surface area contributed by atoms with E-state index >= 15 is 4.39 Å². The molecule has 1 atom stereocenters. The van der Waals surface area contributed by atoms with E-state index in [-0.39, 0.29) is 45.2 Å². The molecule has 1 amide bonds. The van der Waals surface area contributed by atoms with Crippen molar-refractivity contribution >= 4 is 54.7 Å². The molecule has 0 spiro atoms. The zero-order valence-corrected chi connectivity index (χ0v) is 24.7. The second kappa shape index (κ2) is 10.8. The predicted molar refractivity (Wildman–Crippen MR) is 146 cm³/mol. The average molecular weight is 626 g/mol. The number of halogens is 7. The van der Waals surface area contributed by atoms with Gasteiger partial charge in [0.1, 0.15) is 5.67 Å². The summed E-state index contributed by atoms with van der Waals surface area (Å²) in [6.07, 6.45) is -5.93. The molecule has 1 heterocycles. The Morgan fingerprint density at radius 3 is 2.23 bits per heavy atom. The molecule has 1 aliphatic carbocycles. The number of carbonyl (C=O) groups is 1. The normalized spacial score (nSPS) is 25.0. The van der Waals surface area contributed by atoms with Crippen LogP contribution in [-0.4, -0.2) is 38.7 Å². The highest BCUT2D eigenvalue weighted by atomic mass is 35.5. The summed E-state index contributed by atoms with van der Waals surface area (Å²) in [5.41, 5.74) is -4.08. The standard InChI is InChI=1S/C26H27Cl3F4N2O3Si/c1-39(2,3)9-8-37-23(36)34-18-12-24(30,13-18)16-6-4-15(5-7-16)21-14-25(38-35-21,26(31,32)33)17-10-19(27)22(29)20(28)11-17/h4-7,10-11,18H,8-9,12-14H2,1-3H3,(H,34,36). The first-order chi connectivity index (χ1) is 18.0. The zero-order chi connectivity index (χ0) is 28.8. The third kappa shape index (κ3) is 6.34. The van der Waals surface area contributed by atoms with Crippen molar-refractivity contribution in [1.29, 1.82) is 0 Å². The second-order valence-electron chi connectivity index (χ2n) is 11.1. The van der Waals surface area contributed by atoms with Crippen molar-refractivity contribution in [3.05, 3.63) is 68.2 Å². The lowest BCUT2D eigenvalue weighted by molar-refractivity contribution is -0.275. The van der Waals surface area contributed by atoms with Crippen LogP contribution in [0.2, 0.25) is 40.8 Å². The molecule has 39 heavy (non-hydrogen) atoms. The van der Waals surface area contributed by atoms with Gasteiger partial charge in [0.05, 0.1) is 27.4 Å². The Morgan fingerprint density at radius 2 is 1.69 bits per heavy atom. The van der Waals surface area contributed by atoms with Crippen LogP contribution in [0.15, 0.2) is 41.6 Å². The fraction of sp³-hybridized carbons (Fsp3) is 0.462. The molecule has 2 aromatic carbocycles. The van der Waals surface area contributed by atoms with Gasteiger partial charge in [-0.2, -0.15) is 13.2 Å². The summed E-state index contributed by atoms with van der Waals surface area (Å²) in [7, 11) is -1.33. The van der Waals surface area contributed by atoms with Crippen molar-refractivity contribution in [3.63, 3.8) is 0 Å². The van der Waals surface area contributed by atoms with E-state index in [0.29, 0.717) is 17.7 Å². The first-order valence-corrected chi connectivity index (χ1v) is 17.1. The van der Waals surface area contributed by atoms with Crippen LogP contribution in [0.1, 0.15) is 36.0 Å². The summed E-state index contributed by atoms with van der Waals surface area (Å²) in [5.74, 6) is 0. The summed E-state index contributed by atoms with van der Waals surface area (Å²) in [5, 5.41) is 6.03. The predicted octanol–water partition coefficient (Wildman–Crippen LogP) is 8.62. The largest absolute Gasteiger partial charge is 0.450 e. The van der Waals surface area contributed by atoms with E-state index in [0.717, 1.165) is 18.2 Å². The quantitative estimate of drug-likeness (QED) is 0.190. The number of alkyl halides is 4. The topological polar surface area (TPSA) is 59.9 Å². The van der Waals surface area contributed by atoms with Crippen molar-refractivity contribution in [2.45, 2.75) is 68.4 Å².